The van der Waals surface area contributed by atoms with Crippen molar-refractivity contribution in [2.45, 2.75) is 33.1 Å². The molecular formula is C17H23N3O2. The number of benzene rings is 1. The number of urea groups is 1. The molecule has 1 aromatic carbocycles. The zero-order valence-corrected chi connectivity index (χ0v) is 13.1. The van der Waals surface area contributed by atoms with Crippen LogP contribution in [-0.4, -0.2) is 17.5 Å². The molecule has 1 saturated carbocycles. The SMILES string of the molecule is CC(=O)C1C/C(=N\NC(N)=O)C(C)C(Cc2ccccc2)C1. The number of Topliss-reactive ketones (excluding diaryl/α,β-unsaturated/α-hetero) is 1. The van der Waals surface area contributed by atoms with Crippen LogP contribution in [0.2, 0.25) is 0 Å². The molecule has 0 spiro atoms. The Labute approximate surface area is 131 Å². The highest BCUT2D eigenvalue weighted by Crippen LogP contribution is 2.34. The van der Waals surface area contributed by atoms with Crippen LogP contribution in [0.5, 0.6) is 0 Å². The summed E-state index contributed by atoms with van der Waals surface area (Å²) in [6, 6.07) is 9.56. The summed E-state index contributed by atoms with van der Waals surface area (Å²) < 4.78 is 0. The number of hydrazone groups is 1. The van der Waals surface area contributed by atoms with E-state index in [9.17, 15) is 9.59 Å². The molecule has 0 heterocycles. The first-order valence-corrected chi connectivity index (χ1v) is 7.63. The Hall–Kier alpha value is -2.17. The molecule has 3 unspecified atom stereocenters. The third kappa shape index (κ3) is 4.16. The highest BCUT2D eigenvalue weighted by molar-refractivity contribution is 5.93. The number of nitrogens with zero attached hydrogens (tertiary/aromatic N) is 1. The highest BCUT2D eigenvalue weighted by atomic mass is 16.2. The normalized spacial score (nSPS) is 26.6. The Morgan fingerprint density at radius 1 is 1.32 bits per heavy atom. The monoisotopic (exact) mass is 301 g/mol. The molecule has 1 aliphatic carbocycles. The molecule has 1 fully saturated rings. The van der Waals surface area contributed by atoms with Crippen molar-refractivity contribution in [1.29, 1.82) is 0 Å². The number of nitrogens with two attached hydrogens (primary N) is 1. The van der Waals surface area contributed by atoms with Gasteiger partial charge in [-0.05, 0) is 43.6 Å². The minimum atomic E-state index is -0.677. The van der Waals surface area contributed by atoms with Gasteiger partial charge in [0.25, 0.3) is 0 Å². The first kappa shape index (κ1) is 16.2. The summed E-state index contributed by atoms with van der Waals surface area (Å²) >= 11 is 0. The summed E-state index contributed by atoms with van der Waals surface area (Å²) in [7, 11) is 0. The van der Waals surface area contributed by atoms with Gasteiger partial charge in [0.1, 0.15) is 5.78 Å². The molecule has 3 N–H and O–H groups in total. The molecule has 2 amide bonds. The molecule has 118 valence electrons. The summed E-state index contributed by atoms with van der Waals surface area (Å²) in [6.07, 6.45) is 2.37. The number of hydrogen-bond acceptors (Lipinski definition) is 3. The lowest BCUT2D eigenvalue weighted by Crippen LogP contribution is -2.37. The fourth-order valence-electron chi connectivity index (χ4n) is 3.12. The number of primary amides is 1. The van der Waals surface area contributed by atoms with Gasteiger partial charge in [-0.3, -0.25) is 4.79 Å². The van der Waals surface area contributed by atoms with Crippen LogP contribution >= 0.6 is 0 Å². The molecule has 0 saturated heterocycles. The van der Waals surface area contributed by atoms with Gasteiger partial charge in [-0.15, -0.1) is 0 Å². The van der Waals surface area contributed by atoms with Crippen LogP contribution in [0.1, 0.15) is 32.3 Å². The summed E-state index contributed by atoms with van der Waals surface area (Å²) in [5.41, 5.74) is 9.50. The van der Waals surface area contributed by atoms with E-state index in [4.69, 9.17) is 5.73 Å². The number of carbonyl (C=O) groups excluding carboxylic acids is 2. The number of carbonyl (C=O) groups is 2. The molecule has 22 heavy (non-hydrogen) atoms. The molecule has 0 bridgehead atoms. The van der Waals surface area contributed by atoms with E-state index in [0.29, 0.717) is 12.3 Å². The fourth-order valence-corrected chi connectivity index (χ4v) is 3.12. The molecule has 5 nitrogen and oxygen atoms in total. The molecule has 0 aromatic heterocycles. The highest BCUT2D eigenvalue weighted by Gasteiger charge is 2.34. The van der Waals surface area contributed by atoms with E-state index in [0.717, 1.165) is 18.6 Å². The van der Waals surface area contributed by atoms with E-state index < -0.39 is 6.03 Å². The second kappa shape index (κ2) is 7.20. The van der Waals surface area contributed by atoms with Crippen LogP contribution < -0.4 is 11.2 Å². The number of amides is 2. The summed E-state index contributed by atoms with van der Waals surface area (Å²) in [6.45, 7) is 3.73. The van der Waals surface area contributed by atoms with Gasteiger partial charge >= 0.3 is 6.03 Å². The van der Waals surface area contributed by atoms with Gasteiger partial charge in [-0.2, -0.15) is 5.10 Å². The van der Waals surface area contributed by atoms with E-state index in [1.165, 1.54) is 5.56 Å². The predicted molar refractivity (Wildman–Crippen MR) is 86.4 cm³/mol. The van der Waals surface area contributed by atoms with Gasteiger partial charge in [0.15, 0.2) is 0 Å². The Kier molecular flexibility index (Phi) is 5.31. The Balaban J connectivity index is 2.18. The van der Waals surface area contributed by atoms with Gasteiger partial charge < -0.3 is 5.73 Å². The van der Waals surface area contributed by atoms with Gasteiger partial charge in [0, 0.05) is 11.6 Å². The quantitative estimate of drug-likeness (QED) is 0.837. The van der Waals surface area contributed by atoms with Crippen LogP contribution in [0.15, 0.2) is 35.4 Å². The van der Waals surface area contributed by atoms with Crippen molar-refractivity contribution < 1.29 is 9.59 Å². The number of rotatable bonds is 4. The Bertz CT molecular complexity index is 569. The van der Waals surface area contributed by atoms with E-state index >= 15 is 0 Å². The minimum Gasteiger partial charge on any atom is -0.350 e. The third-order valence-electron chi connectivity index (χ3n) is 4.50. The second-order valence-electron chi connectivity index (χ2n) is 6.07. The summed E-state index contributed by atoms with van der Waals surface area (Å²) in [4.78, 5) is 22.7. The zero-order chi connectivity index (χ0) is 16.1. The zero-order valence-electron chi connectivity index (χ0n) is 13.1. The average molecular weight is 301 g/mol. The standard InChI is InChI=1S/C17H23N3O2/c1-11-14(8-13-6-4-3-5-7-13)9-15(12(2)21)10-16(11)19-20-17(18)22/h3-7,11,14-15H,8-10H2,1-2H3,(H3,18,20,22)/b19-16+. The van der Waals surface area contributed by atoms with Gasteiger partial charge in [-0.1, -0.05) is 37.3 Å². The van der Waals surface area contributed by atoms with Gasteiger partial charge in [0.05, 0.1) is 0 Å². The van der Waals surface area contributed by atoms with E-state index in [2.05, 4.69) is 29.6 Å². The van der Waals surface area contributed by atoms with Gasteiger partial charge in [-0.25, -0.2) is 10.2 Å². The third-order valence-corrected chi connectivity index (χ3v) is 4.50. The largest absolute Gasteiger partial charge is 0.350 e. The van der Waals surface area contributed by atoms with Crippen molar-refractivity contribution in [3.05, 3.63) is 35.9 Å². The van der Waals surface area contributed by atoms with Crippen LogP contribution in [0.4, 0.5) is 4.79 Å². The maximum atomic E-state index is 11.8. The second-order valence-corrected chi connectivity index (χ2v) is 6.07. The lowest BCUT2D eigenvalue weighted by atomic mass is 9.70. The van der Waals surface area contributed by atoms with Crippen LogP contribution in [0.3, 0.4) is 0 Å². The molecule has 2 rings (SSSR count). The summed E-state index contributed by atoms with van der Waals surface area (Å²) in [5.74, 6) is 0.691. The van der Waals surface area contributed by atoms with Crippen molar-refractivity contribution in [2.75, 3.05) is 0 Å². The maximum absolute atomic E-state index is 11.8. The van der Waals surface area contributed by atoms with Gasteiger partial charge in [0.2, 0.25) is 0 Å². The summed E-state index contributed by atoms with van der Waals surface area (Å²) in [5, 5.41) is 4.13. The lowest BCUT2D eigenvalue weighted by molar-refractivity contribution is -0.121. The number of nitrogens with one attached hydrogen (secondary N) is 1. The predicted octanol–water partition coefficient (Wildman–Crippen LogP) is 2.50. The van der Waals surface area contributed by atoms with Crippen LogP contribution in [0.25, 0.3) is 0 Å². The van der Waals surface area contributed by atoms with Crippen molar-refractivity contribution in [1.82, 2.24) is 5.43 Å². The lowest BCUT2D eigenvalue weighted by Gasteiger charge is -2.34. The first-order chi connectivity index (χ1) is 10.5. The van der Waals surface area contributed by atoms with Crippen LogP contribution in [0, 0.1) is 17.8 Å². The van der Waals surface area contributed by atoms with Crippen molar-refractivity contribution in [2.24, 2.45) is 28.6 Å². The molecule has 0 aliphatic heterocycles. The van der Waals surface area contributed by atoms with E-state index in [1.807, 2.05) is 18.2 Å². The van der Waals surface area contributed by atoms with E-state index in [-0.39, 0.29) is 17.6 Å². The number of ketones is 1. The van der Waals surface area contributed by atoms with Crippen LogP contribution in [-0.2, 0) is 11.2 Å². The first-order valence-electron chi connectivity index (χ1n) is 7.63. The van der Waals surface area contributed by atoms with Crippen molar-refractivity contribution >= 4 is 17.5 Å². The van der Waals surface area contributed by atoms with E-state index in [1.54, 1.807) is 6.92 Å². The van der Waals surface area contributed by atoms with Crippen molar-refractivity contribution in [3.8, 4) is 0 Å². The minimum absolute atomic E-state index is 0.0293. The number of hydrogen-bond donors (Lipinski definition) is 2. The molecule has 0 radical (unpaired) electrons. The maximum Gasteiger partial charge on any atom is 0.332 e. The topological polar surface area (TPSA) is 84.6 Å². The molecule has 3 atom stereocenters. The Morgan fingerprint density at radius 2 is 2.00 bits per heavy atom. The van der Waals surface area contributed by atoms with Crippen molar-refractivity contribution in [3.63, 3.8) is 0 Å². The Morgan fingerprint density at radius 3 is 2.59 bits per heavy atom. The fraction of sp³-hybridized carbons (Fsp3) is 0.471. The molecule has 1 aromatic rings. The molecule has 5 heteroatoms. The molecular weight excluding hydrogens is 278 g/mol. The molecule has 1 aliphatic rings. The average Bonchev–Trinajstić information content (AvgIpc) is 2.48. The smallest absolute Gasteiger partial charge is 0.332 e.